The van der Waals surface area contributed by atoms with Gasteiger partial charge >= 0.3 is 0 Å². The highest BCUT2D eigenvalue weighted by molar-refractivity contribution is 5.32. The van der Waals surface area contributed by atoms with Crippen molar-refractivity contribution < 1.29 is 13.5 Å². The molecule has 0 aliphatic rings. The fraction of sp³-hybridized carbons (Fsp3) is 0.294. The Balaban J connectivity index is 2.24. The van der Waals surface area contributed by atoms with Crippen molar-refractivity contribution in [3.05, 3.63) is 64.7 Å². The second-order valence-corrected chi connectivity index (χ2v) is 5.08. The molecule has 2 nitrogen and oxygen atoms in total. The molecular weight excluding hydrogens is 272 g/mol. The SMILES string of the molecule is CNC(Cc1ccc(OC)c(F)c1)c1cc(C)cc(F)c1. The van der Waals surface area contributed by atoms with E-state index in [4.69, 9.17) is 4.74 Å². The normalized spacial score (nSPS) is 12.2. The van der Waals surface area contributed by atoms with Gasteiger partial charge in [0.1, 0.15) is 5.82 Å². The molecule has 0 saturated heterocycles. The van der Waals surface area contributed by atoms with Crippen molar-refractivity contribution in [2.45, 2.75) is 19.4 Å². The first-order valence-corrected chi connectivity index (χ1v) is 6.80. The number of nitrogens with one attached hydrogen (secondary N) is 1. The molecule has 2 rings (SSSR count). The third-order valence-electron chi connectivity index (χ3n) is 3.47. The summed E-state index contributed by atoms with van der Waals surface area (Å²) in [6.45, 7) is 1.85. The summed E-state index contributed by atoms with van der Waals surface area (Å²) in [6.07, 6.45) is 0.570. The minimum Gasteiger partial charge on any atom is -0.494 e. The number of halogens is 2. The highest BCUT2D eigenvalue weighted by Crippen LogP contribution is 2.23. The van der Waals surface area contributed by atoms with E-state index in [0.29, 0.717) is 6.42 Å². The van der Waals surface area contributed by atoms with Gasteiger partial charge in [-0.2, -0.15) is 0 Å². The molecule has 0 spiro atoms. The first kappa shape index (κ1) is 15.4. The predicted molar refractivity (Wildman–Crippen MR) is 79.6 cm³/mol. The first-order valence-electron chi connectivity index (χ1n) is 6.80. The second-order valence-electron chi connectivity index (χ2n) is 5.08. The second kappa shape index (κ2) is 6.68. The maximum absolute atomic E-state index is 13.7. The summed E-state index contributed by atoms with van der Waals surface area (Å²) in [7, 11) is 3.24. The lowest BCUT2D eigenvalue weighted by Crippen LogP contribution is -2.19. The lowest BCUT2D eigenvalue weighted by Gasteiger charge is -2.18. The molecule has 1 atom stereocenters. The minimum atomic E-state index is -0.389. The van der Waals surface area contributed by atoms with Crippen LogP contribution in [0, 0.1) is 18.6 Å². The van der Waals surface area contributed by atoms with Gasteiger partial charge in [-0.25, -0.2) is 8.78 Å². The zero-order chi connectivity index (χ0) is 15.4. The molecule has 0 aliphatic heterocycles. The van der Waals surface area contributed by atoms with Crippen molar-refractivity contribution in [1.29, 1.82) is 0 Å². The summed E-state index contributed by atoms with van der Waals surface area (Å²) in [5, 5.41) is 3.15. The van der Waals surface area contributed by atoms with Gasteiger partial charge in [0, 0.05) is 6.04 Å². The molecular formula is C17H19F2NO. The molecule has 0 saturated carbocycles. The largest absolute Gasteiger partial charge is 0.494 e. The quantitative estimate of drug-likeness (QED) is 0.905. The van der Waals surface area contributed by atoms with E-state index in [1.54, 1.807) is 6.07 Å². The van der Waals surface area contributed by atoms with Crippen LogP contribution in [0.2, 0.25) is 0 Å². The zero-order valence-corrected chi connectivity index (χ0v) is 12.4. The van der Waals surface area contributed by atoms with Crippen LogP contribution in [0.15, 0.2) is 36.4 Å². The standard InChI is InChI=1S/C17H19F2NO/c1-11-6-13(10-14(18)7-11)16(20-2)9-12-4-5-17(21-3)15(19)8-12/h4-8,10,16,20H,9H2,1-3H3. The fourth-order valence-corrected chi connectivity index (χ4v) is 2.42. The Morgan fingerprint density at radius 2 is 1.90 bits per heavy atom. The average molecular weight is 291 g/mol. The van der Waals surface area contributed by atoms with Crippen LogP contribution in [0.3, 0.4) is 0 Å². The number of aryl methyl sites for hydroxylation is 1. The van der Waals surface area contributed by atoms with Gasteiger partial charge < -0.3 is 10.1 Å². The average Bonchev–Trinajstić information content (AvgIpc) is 2.43. The third-order valence-corrected chi connectivity index (χ3v) is 3.47. The van der Waals surface area contributed by atoms with Crippen LogP contribution >= 0.6 is 0 Å². The smallest absolute Gasteiger partial charge is 0.165 e. The van der Waals surface area contributed by atoms with Crippen LogP contribution < -0.4 is 10.1 Å². The Morgan fingerprint density at radius 1 is 1.14 bits per heavy atom. The van der Waals surface area contributed by atoms with Gasteiger partial charge in [-0.1, -0.05) is 12.1 Å². The van der Waals surface area contributed by atoms with E-state index < -0.39 is 0 Å². The Morgan fingerprint density at radius 3 is 2.48 bits per heavy atom. The molecule has 0 bridgehead atoms. The van der Waals surface area contributed by atoms with Gasteiger partial charge in [0.05, 0.1) is 7.11 Å². The van der Waals surface area contributed by atoms with E-state index >= 15 is 0 Å². The first-order chi connectivity index (χ1) is 10.0. The van der Waals surface area contributed by atoms with E-state index in [1.807, 2.05) is 26.1 Å². The topological polar surface area (TPSA) is 21.3 Å². The number of benzene rings is 2. The molecule has 0 radical (unpaired) electrons. The number of rotatable bonds is 5. The lowest BCUT2D eigenvalue weighted by molar-refractivity contribution is 0.386. The van der Waals surface area contributed by atoms with Gasteiger partial charge in [0.25, 0.3) is 0 Å². The summed E-state index contributed by atoms with van der Waals surface area (Å²) in [5.41, 5.74) is 2.55. The molecule has 1 N–H and O–H groups in total. The summed E-state index contributed by atoms with van der Waals surface area (Å²) in [4.78, 5) is 0. The third kappa shape index (κ3) is 3.79. The highest BCUT2D eigenvalue weighted by atomic mass is 19.1. The van der Waals surface area contributed by atoms with Crippen LogP contribution in [0.1, 0.15) is 22.7 Å². The van der Waals surface area contributed by atoms with Crippen LogP contribution in [-0.4, -0.2) is 14.2 Å². The zero-order valence-electron chi connectivity index (χ0n) is 12.4. The van der Waals surface area contributed by atoms with E-state index in [2.05, 4.69) is 5.32 Å². The van der Waals surface area contributed by atoms with Crippen molar-refractivity contribution in [3.63, 3.8) is 0 Å². The van der Waals surface area contributed by atoms with E-state index in [1.165, 1.54) is 25.3 Å². The van der Waals surface area contributed by atoms with Gasteiger partial charge in [0.2, 0.25) is 0 Å². The van der Waals surface area contributed by atoms with Crippen molar-refractivity contribution in [2.24, 2.45) is 0 Å². The number of hydrogen-bond donors (Lipinski definition) is 1. The molecule has 0 amide bonds. The maximum Gasteiger partial charge on any atom is 0.165 e. The summed E-state index contributed by atoms with van der Waals surface area (Å²) < 4.78 is 32.2. The summed E-state index contributed by atoms with van der Waals surface area (Å²) in [6, 6.07) is 9.73. The van der Waals surface area contributed by atoms with E-state index in [0.717, 1.165) is 16.7 Å². The summed E-state index contributed by atoms with van der Waals surface area (Å²) in [5.74, 6) is -0.423. The molecule has 1 unspecified atom stereocenters. The minimum absolute atomic E-state index is 0.0767. The Bertz CT molecular complexity index is 608. The Labute approximate surface area is 123 Å². The van der Waals surface area contributed by atoms with Crippen LogP contribution in [0.4, 0.5) is 8.78 Å². The van der Waals surface area contributed by atoms with Gasteiger partial charge in [-0.3, -0.25) is 0 Å². The number of hydrogen-bond acceptors (Lipinski definition) is 2. The Hall–Kier alpha value is -1.94. The fourth-order valence-electron chi connectivity index (χ4n) is 2.42. The van der Waals surface area contributed by atoms with Crippen LogP contribution in [0.5, 0.6) is 5.75 Å². The van der Waals surface area contributed by atoms with Crippen molar-refractivity contribution >= 4 is 0 Å². The molecule has 2 aromatic rings. The lowest BCUT2D eigenvalue weighted by atomic mass is 9.97. The maximum atomic E-state index is 13.7. The van der Waals surface area contributed by atoms with Gasteiger partial charge in [-0.15, -0.1) is 0 Å². The molecule has 21 heavy (non-hydrogen) atoms. The van der Waals surface area contributed by atoms with Crippen molar-refractivity contribution in [2.75, 3.05) is 14.2 Å². The van der Waals surface area contributed by atoms with Gasteiger partial charge in [-0.05, 0) is 61.3 Å². The number of methoxy groups -OCH3 is 1. The monoisotopic (exact) mass is 291 g/mol. The highest BCUT2D eigenvalue weighted by Gasteiger charge is 2.13. The van der Waals surface area contributed by atoms with E-state index in [9.17, 15) is 8.78 Å². The van der Waals surface area contributed by atoms with Crippen molar-refractivity contribution in [3.8, 4) is 5.75 Å². The van der Waals surface area contributed by atoms with Crippen molar-refractivity contribution in [1.82, 2.24) is 5.32 Å². The van der Waals surface area contributed by atoms with Crippen LogP contribution in [0.25, 0.3) is 0 Å². The molecule has 112 valence electrons. The molecule has 0 heterocycles. The Kier molecular flexibility index (Phi) is 4.91. The summed E-state index contributed by atoms with van der Waals surface area (Å²) >= 11 is 0. The molecule has 4 heteroatoms. The van der Waals surface area contributed by atoms with Gasteiger partial charge in [0.15, 0.2) is 11.6 Å². The molecule has 0 aromatic heterocycles. The number of likely N-dealkylation sites (N-methyl/N-ethyl adjacent to an activating group) is 1. The van der Waals surface area contributed by atoms with Crippen LogP contribution in [-0.2, 0) is 6.42 Å². The number of ether oxygens (including phenoxy) is 1. The molecule has 2 aromatic carbocycles. The molecule has 0 fully saturated rings. The predicted octanol–water partition coefficient (Wildman–Crippen LogP) is 3.79. The van der Waals surface area contributed by atoms with E-state index in [-0.39, 0.29) is 23.4 Å². The molecule has 0 aliphatic carbocycles.